The maximum absolute atomic E-state index is 4.80. The van der Waals surface area contributed by atoms with Gasteiger partial charge in [0, 0.05) is 44.8 Å². The van der Waals surface area contributed by atoms with Gasteiger partial charge in [-0.05, 0) is 33.2 Å². The number of piperazine rings is 1. The highest BCUT2D eigenvalue weighted by molar-refractivity contribution is 14.0. The Bertz CT molecular complexity index is 369. The summed E-state index contributed by atoms with van der Waals surface area (Å²) in [5.74, 6) is 0.968. The molecule has 0 radical (unpaired) electrons. The van der Waals surface area contributed by atoms with Crippen LogP contribution in [0.15, 0.2) is 17.1 Å². The van der Waals surface area contributed by atoms with Gasteiger partial charge in [-0.25, -0.2) is 0 Å². The number of aliphatic imine (C=N–C) groups is 1. The summed E-state index contributed by atoms with van der Waals surface area (Å²) in [5, 5.41) is 6.91. The first-order chi connectivity index (χ1) is 10.7. The summed E-state index contributed by atoms with van der Waals surface area (Å²) < 4.78 is 0. The molecule has 1 unspecified atom stereocenters. The molecule has 1 fully saturated rings. The maximum Gasteiger partial charge on any atom is 0.191 e. The number of guanidine groups is 1. The van der Waals surface area contributed by atoms with Crippen LogP contribution in [0.4, 0.5) is 0 Å². The van der Waals surface area contributed by atoms with Gasteiger partial charge in [0.1, 0.15) is 0 Å². The number of hydrogen-bond donors (Lipinski definition) is 2. The summed E-state index contributed by atoms with van der Waals surface area (Å²) in [6.45, 7) is 14.3. The van der Waals surface area contributed by atoms with Crippen molar-refractivity contribution in [2.24, 2.45) is 4.99 Å². The van der Waals surface area contributed by atoms with E-state index in [9.17, 15) is 0 Å². The average Bonchev–Trinajstić information content (AvgIpc) is 3.05. The second-order valence-corrected chi connectivity index (χ2v) is 6.32. The van der Waals surface area contributed by atoms with E-state index in [1.54, 1.807) is 0 Å². The van der Waals surface area contributed by atoms with E-state index < -0.39 is 0 Å². The highest BCUT2D eigenvalue weighted by atomic mass is 127. The fourth-order valence-electron chi connectivity index (χ4n) is 3.11. The highest BCUT2D eigenvalue weighted by Crippen LogP contribution is 2.09. The van der Waals surface area contributed by atoms with Crippen molar-refractivity contribution in [3.8, 4) is 0 Å². The molecule has 0 bridgehead atoms. The van der Waals surface area contributed by atoms with Crippen LogP contribution in [0.5, 0.6) is 0 Å². The van der Waals surface area contributed by atoms with Crippen molar-refractivity contribution in [2.75, 3.05) is 45.8 Å². The van der Waals surface area contributed by atoms with Gasteiger partial charge in [-0.2, -0.15) is 0 Å². The third-order valence-corrected chi connectivity index (χ3v) is 4.68. The van der Waals surface area contributed by atoms with Gasteiger partial charge in [0.05, 0.1) is 6.54 Å². The third kappa shape index (κ3) is 6.97. The molecule has 1 saturated heterocycles. The van der Waals surface area contributed by atoms with Gasteiger partial charge < -0.3 is 15.5 Å². The second kappa shape index (κ2) is 11.3. The molecule has 5 nitrogen and oxygen atoms in total. The number of nitrogens with zero attached hydrogens (tertiary/aromatic N) is 3. The van der Waals surface area contributed by atoms with Crippen LogP contribution >= 0.6 is 24.0 Å². The quantitative estimate of drug-likeness (QED) is 0.290. The van der Waals surface area contributed by atoms with Gasteiger partial charge in [0.2, 0.25) is 0 Å². The lowest BCUT2D eigenvalue weighted by molar-refractivity contribution is 0.109. The van der Waals surface area contributed by atoms with E-state index in [2.05, 4.69) is 53.4 Å². The first-order valence-corrected chi connectivity index (χ1v) is 8.89. The van der Waals surface area contributed by atoms with E-state index in [-0.39, 0.29) is 24.0 Å². The molecule has 0 aromatic heterocycles. The lowest BCUT2D eigenvalue weighted by Gasteiger charge is -2.37. The molecular formula is C17H34IN5. The van der Waals surface area contributed by atoms with Crippen molar-refractivity contribution in [2.45, 2.75) is 45.7 Å². The first-order valence-electron chi connectivity index (χ1n) is 8.89. The predicted molar refractivity (Wildman–Crippen MR) is 110 cm³/mol. The third-order valence-electron chi connectivity index (χ3n) is 4.68. The van der Waals surface area contributed by atoms with Crippen molar-refractivity contribution < 1.29 is 0 Å². The number of halogens is 1. The van der Waals surface area contributed by atoms with E-state index in [0.29, 0.717) is 12.1 Å². The Balaban J connectivity index is 0.00000264. The highest BCUT2D eigenvalue weighted by Gasteiger charge is 2.20. The van der Waals surface area contributed by atoms with Crippen LogP contribution in [0.1, 0.15) is 33.6 Å². The summed E-state index contributed by atoms with van der Waals surface area (Å²) in [7, 11) is 0. The van der Waals surface area contributed by atoms with Crippen LogP contribution in [-0.2, 0) is 0 Å². The SMILES string of the molecule is CCNC(=NCC(C)N1CCN(CC)CC1)NC1CC=CC1.I. The number of rotatable bonds is 6. The topological polar surface area (TPSA) is 42.9 Å². The van der Waals surface area contributed by atoms with Gasteiger partial charge in [0.25, 0.3) is 0 Å². The Morgan fingerprint density at radius 2 is 1.83 bits per heavy atom. The molecule has 1 heterocycles. The number of hydrogen-bond acceptors (Lipinski definition) is 3. The molecule has 1 aliphatic carbocycles. The van der Waals surface area contributed by atoms with Gasteiger partial charge in [-0.1, -0.05) is 19.1 Å². The molecule has 23 heavy (non-hydrogen) atoms. The average molecular weight is 435 g/mol. The molecule has 6 heteroatoms. The molecule has 2 rings (SSSR count). The van der Waals surface area contributed by atoms with Crippen molar-refractivity contribution in [3.05, 3.63) is 12.2 Å². The normalized spacial score (nSPS) is 22.0. The Kier molecular flexibility index (Phi) is 10.1. The minimum Gasteiger partial charge on any atom is -0.357 e. The van der Waals surface area contributed by atoms with E-state index >= 15 is 0 Å². The zero-order valence-electron chi connectivity index (χ0n) is 14.9. The molecule has 134 valence electrons. The smallest absolute Gasteiger partial charge is 0.191 e. The number of nitrogens with one attached hydrogen (secondary N) is 2. The van der Waals surface area contributed by atoms with Gasteiger partial charge in [0.15, 0.2) is 5.96 Å². The standard InChI is InChI=1S/C17H33N5.HI/c1-4-18-17(20-16-8-6-7-9-16)19-14-15(3)22-12-10-21(5-2)11-13-22;/h6-7,15-16H,4-5,8-14H2,1-3H3,(H2,18,19,20);1H. The Morgan fingerprint density at radius 1 is 1.17 bits per heavy atom. The summed E-state index contributed by atoms with van der Waals surface area (Å²) in [6, 6.07) is 1.03. The molecule has 0 saturated carbocycles. The first kappa shape index (κ1) is 20.7. The molecule has 0 aromatic carbocycles. The second-order valence-electron chi connectivity index (χ2n) is 6.32. The lowest BCUT2D eigenvalue weighted by atomic mass is 10.2. The molecule has 2 N–H and O–H groups in total. The van der Waals surface area contributed by atoms with E-state index in [0.717, 1.165) is 31.9 Å². The van der Waals surface area contributed by atoms with Crippen LogP contribution in [0.25, 0.3) is 0 Å². The Hall–Kier alpha value is -0.340. The van der Waals surface area contributed by atoms with Crippen LogP contribution in [0, 0.1) is 0 Å². The largest absolute Gasteiger partial charge is 0.357 e. The summed E-state index contributed by atoms with van der Waals surface area (Å²) in [5.41, 5.74) is 0. The molecule has 0 amide bonds. The maximum atomic E-state index is 4.80. The number of likely N-dealkylation sites (N-methyl/N-ethyl adjacent to an activating group) is 1. The van der Waals surface area contributed by atoms with E-state index in [4.69, 9.17) is 4.99 Å². The van der Waals surface area contributed by atoms with E-state index in [1.807, 2.05) is 0 Å². The van der Waals surface area contributed by atoms with Crippen LogP contribution in [0.3, 0.4) is 0 Å². The van der Waals surface area contributed by atoms with Crippen molar-refractivity contribution in [1.29, 1.82) is 0 Å². The van der Waals surface area contributed by atoms with Gasteiger partial charge in [-0.15, -0.1) is 24.0 Å². The zero-order chi connectivity index (χ0) is 15.8. The van der Waals surface area contributed by atoms with Crippen molar-refractivity contribution in [3.63, 3.8) is 0 Å². The fourth-order valence-corrected chi connectivity index (χ4v) is 3.11. The molecule has 2 aliphatic rings. The lowest BCUT2D eigenvalue weighted by Crippen LogP contribution is -2.50. The van der Waals surface area contributed by atoms with Gasteiger partial charge >= 0.3 is 0 Å². The minimum absolute atomic E-state index is 0. The monoisotopic (exact) mass is 435 g/mol. The summed E-state index contributed by atoms with van der Waals surface area (Å²) in [4.78, 5) is 9.89. The van der Waals surface area contributed by atoms with Crippen molar-refractivity contribution in [1.82, 2.24) is 20.4 Å². The molecule has 1 aliphatic heterocycles. The summed E-state index contributed by atoms with van der Waals surface area (Å²) >= 11 is 0. The molecule has 1 atom stereocenters. The van der Waals surface area contributed by atoms with Crippen LogP contribution < -0.4 is 10.6 Å². The molecular weight excluding hydrogens is 401 g/mol. The summed E-state index contributed by atoms with van der Waals surface area (Å²) in [6.07, 6.45) is 6.71. The van der Waals surface area contributed by atoms with Crippen LogP contribution in [-0.4, -0.2) is 73.7 Å². The fraction of sp³-hybridized carbons (Fsp3) is 0.824. The van der Waals surface area contributed by atoms with Crippen LogP contribution in [0.2, 0.25) is 0 Å². The zero-order valence-corrected chi connectivity index (χ0v) is 17.3. The predicted octanol–water partition coefficient (Wildman–Crippen LogP) is 1.90. The Morgan fingerprint density at radius 3 is 2.39 bits per heavy atom. The molecule has 0 aromatic rings. The Labute approximate surface area is 159 Å². The van der Waals surface area contributed by atoms with Crippen molar-refractivity contribution >= 4 is 29.9 Å². The molecule has 0 spiro atoms. The minimum atomic E-state index is 0. The van der Waals surface area contributed by atoms with Gasteiger partial charge in [-0.3, -0.25) is 9.89 Å². The van der Waals surface area contributed by atoms with E-state index in [1.165, 1.54) is 32.7 Å².